The summed E-state index contributed by atoms with van der Waals surface area (Å²) in [5.74, 6) is 0. The quantitative estimate of drug-likeness (QED) is 0.301. The lowest BCUT2D eigenvalue weighted by Crippen LogP contribution is -2.17. The minimum atomic E-state index is -3.91. The van der Waals surface area contributed by atoms with Crippen LogP contribution in [0.15, 0.2) is 70.8 Å². The van der Waals surface area contributed by atoms with Crippen LogP contribution < -0.4 is 4.72 Å². The van der Waals surface area contributed by atoms with Gasteiger partial charge in [0.1, 0.15) is 11.1 Å². The molecule has 11 heteroatoms. The van der Waals surface area contributed by atoms with Crippen molar-refractivity contribution in [2.24, 2.45) is 5.16 Å². The second-order valence-corrected chi connectivity index (χ2v) is 10.6. The van der Waals surface area contributed by atoms with Gasteiger partial charge in [0.25, 0.3) is 10.0 Å². The monoisotopic (exact) mass is 498 g/mol. The smallest absolute Gasteiger partial charge is 0.261 e. The second-order valence-electron chi connectivity index (χ2n) is 8.52. The van der Waals surface area contributed by atoms with Crippen LogP contribution in [0.2, 0.25) is 5.02 Å². The van der Waals surface area contributed by atoms with E-state index in [0.717, 1.165) is 5.56 Å². The molecular weight excluding hydrogens is 476 g/mol. The van der Waals surface area contributed by atoms with Gasteiger partial charge in [-0.15, -0.1) is 5.10 Å². The minimum Gasteiger partial charge on any atom is -0.390 e. The van der Waals surface area contributed by atoms with Gasteiger partial charge in [0.15, 0.2) is 0 Å². The van der Waals surface area contributed by atoms with E-state index in [1.807, 2.05) is 20.8 Å². The van der Waals surface area contributed by atoms with E-state index >= 15 is 0 Å². The molecule has 0 aliphatic rings. The topological polar surface area (TPSA) is 111 Å². The van der Waals surface area contributed by atoms with E-state index in [0.29, 0.717) is 33.3 Å². The predicted octanol–water partition coefficient (Wildman–Crippen LogP) is 4.81. The molecule has 0 aliphatic carbocycles. The first-order valence-corrected chi connectivity index (χ1v) is 12.2. The molecule has 0 bridgehead atoms. The van der Waals surface area contributed by atoms with Gasteiger partial charge in [-0.3, -0.25) is 4.72 Å². The van der Waals surface area contributed by atoms with Gasteiger partial charge in [-0.1, -0.05) is 34.1 Å². The van der Waals surface area contributed by atoms with Crippen molar-refractivity contribution >= 4 is 44.2 Å². The normalized spacial score (nSPS) is 12.7. The fourth-order valence-electron chi connectivity index (χ4n) is 3.05. The Hall–Kier alpha value is -3.50. The maximum atomic E-state index is 13.2. The number of aromatic nitrogens is 4. The van der Waals surface area contributed by atoms with Gasteiger partial charge >= 0.3 is 0 Å². The summed E-state index contributed by atoms with van der Waals surface area (Å²) in [6.07, 6.45) is 1.61. The van der Waals surface area contributed by atoms with Gasteiger partial charge in [-0.05, 0) is 75.7 Å². The van der Waals surface area contributed by atoms with Crippen molar-refractivity contribution in [3.8, 4) is 5.69 Å². The van der Waals surface area contributed by atoms with E-state index < -0.39 is 15.6 Å². The van der Waals surface area contributed by atoms with E-state index in [-0.39, 0.29) is 4.90 Å². The van der Waals surface area contributed by atoms with Crippen LogP contribution in [-0.4, -0.2) is 39.7 Å². The molecule has 0 aliphatic heterocycles. The van der Waals surface area contributed by atoms with E-state index in [9.17, 15) is 8.42 Å². The van der Waals surface area contributed by atoms with Crippen molar-refractivity contribution in [3.05, 3.63) is 71.4 Å². The fraction of sp³-hybridized carbons (Fsp3) is 0.217. The number of halogens is 1. The third-order valence-corrected chi connectivity index (χ3v) is 6.31. The maximum Gasteiger partial charge on any atom is 0.261 e. The summed E-state index contributed by atoms with van der Waals surface area (Å²) in [6.45, 7) is 7.49. The van der Waals surface area contributed by atoms with Crippen LogP contribution in [0.5, 0.6) is 0 Å². The van der Waals surface area contributed by atoms with E-state index in [1.165, 1.54) is 16.8 Å². The van der Waals surface area contributed by atoms with Crippen LogP contribution in [0, 0.1) is 0 Å². The zero-order valence-corrected chi connectivity index (χ0v) is 20.6. The van der Waals surface area contributed by atoms with Gasteiger partial charge in [0.05, 0.1) is 22.0 Å². The molecule has 2 aromatic heterocycles. The Labute approximate surface area is 202 Å². The molecule has 1 N–H and O–H groups in total. The van der Waals surface area contributed by atoms with Crippen molar-refractivity contribution < 1.29 is 13.3 Å². The van der Waals surface area contributed by atoms with E-state index in [2.05, 4.69) is 25.2 Å². The minimum absolute atomic E-state index is 0.0896. The number of rotatable bonds is 6. The summed E-state index contributed by atoms with van der Waals surface area (Å²) >= 11 is 6.20. The molecule has 0 saturated carbocycles. The Morgan fingerprint density at radius 3 is 2.56 bits per heavy atom. The first-order chi connectivity index (χ1) is 16.0. The molecule has 34 heavy (non-hydrogen) atoms. The number of anilines is 1. The number of fused-ring (bicyclic) bond motifs is 1. The molecule has 4 aromatic rings. The third kappa shape index (κ3) is 5.18. The number of pyridine rings is 1. The number of nitrogens with one attached hydrogen (secondary N) is 1. The molecule has 0 radical (unpaired) electrons. The highest BCUT2D eigenvalue weighted by atomic mass is 35.5. The second kappa shape index (κ2) is 9.03. The van der Waals surface area contributed by atoms with Crippen LogP contribution in [-0.2, 0) is 14.9 Å². The third-order valence-electron chi connectivity index (χ3n) is 4.69. The highest BCUT2D eigenvalue weighted by molar-refractivity contribution is 7.92. The number of oxime groups is 1. The average molecular weight is 499 g/mol. The SMILES string of the molecule is CC(=NOC(C)(C)C)c1ccc(S(=O)(=O)Nc2ccc(Cl)cc2-n2nnc3ncccc32)cc1. The summed E-state index contributed by atoms with van der Waals surface area (Å²) < 4.78 is 30.4. The van der Waals surface area contributed by atoms with Crippen LogP contribution in [0.4, 0.5) is 5.69 Å². The van der Waals surface area contributed by atoms with Gasteiger partial charge in [0.2, 0.25) is 5.65 Å². The Balaban J connectivity index is 1.64. The van der Waals surface area contributed by atoms with Crippen LogP contribution in [0.25, 0.3) is 16.9 Å². The van der Waals surface area contributed by atoms with Gasteiger partial charge in [0, 0.05) is 11.2 Å². The molecule has 4 rings (SSSR count). The predicted molar refractivity (Wildman–Crippen MR) is 132 cm³/mol. The maximum absolute atomic E-state index is 13.2. The van der Waals surface area contributed by atoms with E-state index in [4.69, 9.17) is 16.4 Å². The molecule has 0 fully saturated rings. The lowest BCUT2D eigenvalue weighted by atomic mass is 10.1. The van der Waals surface area contributed by atoms with Crippen LogP contribution in [0.1, 0.15) is 33.3 Å². The Kier molecular flexibility index (Phi) is 6.28. The molecule has 0 atom stereocenters. The largest absolute Gasteiger partial charge is 0.390 e. The molecule has 0 amide bonds. The fourth-order valence-corrected chi connectivity index (χ4v) is 4.29. The standard InChI is InChI=1S/C23H23ClN6O3S/c1-15(27-33-23(2,3)4)16-7-10-18(11-8-16)34(31,32)28-19-12-9-17(24)14-21(19)30-20-6-5-13-25-22(20)26-29-30/h5-14,28H,1-4H3. The number of hydrogen-bond acceptors (Lipinski definition) is 7. The van der Waals surface area contributed by atoms with Crippen molar-refractivity contribution in [2.45, 2.75) is 38.2 Å². The van der Waals surface area contributed by atoms with Crippen LogP contribution in [0.3, 0.4) is 0 Å². The van der Waals surface area contributed by atoms with Gasteiger partial charge in [-0.2, -0.15) is 0 Å². The molecule has 0 saturated heterocycles. The first kappa shape index (κ1) is 23.7. The van der Waals surface area contributed by atoms with E-state index in [1.54, 1.807) is 55.6 Å². The van der Waals surface area contributed by atoms with Crippen molar-refractivity contribution in [1.82, 2.24) is 20.0 Å². The van der Waals surface area contributed by atoms with Crippen molar-refractivity contribution in [2.75, 3.05) is 4.72 Å². The molecule has 0 spiro atoms. The highest BCUT2D eigenvalue weighted by Crippen LogP contribution is 2.28. The number of nitrogens with zero attached hydrogens (tertiary/aromatic N) is 5. The number of benzene rings is 2. The van der Waals surface area contributed by atoms with Crippen LogP contribution >= 0.6 is 11.6 Å². The Morgan fingerprint density at radius 1 is 1.12 bits per heavy atom. The lowest BCUT2D eigenvalue weighted by Gasteiger charge is -2.16. The zero-order chi connectivity index (χ0) is 24.5. The van der Waals surface area contributed by atoms with Crippen molar-refractivity contribution in [3.63, 3.8) is 0 Å². The molecule has 176 valence electrons. The number of sulfonamides is 1. The van der Waals surface area contributed by atoms with Gasteiger partial charge < -0.3 is 4.84 Å². The average Bonchev–Trinajstić information content (AvgIpc) is 3.22. The molecule has 2 aromatic carbocycles. The highest BCUT2D eigenvalue weighted by Gasteiger charge is 2.19. The molecular formula is C23H23ClN6O3S. The summed E-state index contributed by atoms with van der Waals surface area (Å²) in [5, 5.41) is 12.7. The summed E-state index contributed by atoms with van der Waals surface area (Å²) in [5.41, 5.74) is 2.72. The summed E-state index contributed by atoms with van der Waals surface area (Å²) in [4.78, 5) is 9.70. The first-order valence-electron chi connectivity index (χ1n) is 10.4. The Morgan fingerprint density at radius 2 is 1.85 bits per heavy atom. The molecule has 2 heterocycles. The summed E-state index contributed by atoms with van der Waals surface area (Å²) in [7, 11) is -3.91. The Bertz CT molecular complexity index is 1470. The van der Waals surface area contributed by atoms with Crippen molar-refractivity contribution in [1.29, 1.82) is 0 Å². The van der Waals surface area contributed by atoms with Gasteiger partial charge in [-0.25, -0.2) is 18.1 Å². The molecule has 9 nitrogen and oxygen atoms in total. The summed E-state index contributed by atoms with van der Waals surface area (Å²) in [6, 6.07) is 14.7. The molecule has 0 unspecified atom stereocenters. The zero-order valence-electron chi connectivity index (χ0n) is 19.0. The number of hydrogen-bond donors (Lipinski definition) is 1. The lowest BCUT2D eigenvalue weighted by molar-refractivity contribution is 0.000954.